The fourth-order valence-electron chi connectivity index (χ4n) is 2.69. The largest absolute Gasteiger partial charge is 0.366 e. The molecule has 0 aliphatic heterocycles. The number of rotatable bonds is 3. The van der Waals surface area contributed by atoms with Crippen LogP contribution < -0.4 is 10.2 Å². The van der Waals surface area contributed by atoms with Crippen LogP contribution in [0.3, 0.4) is 0 Å². The molecule has 0 radical (unpaired) electrons. The number of nitrogens with one attached hydrogen (secondary N) is 2. The monoisotopic (exact) mass is 284 g/mol. The van der Waals surface area contributed by atoms with E-state index in [-0.39, 0.29) is 16.4 Å². The van der Waals surface area contributed by atoms with Crippen LogP contribution in [0.1, 0.15) is 39.5 Å². The standard InChI is InChI=1S/C13H20N2O3S/c1-13(2)6-3-4-10(8-13)15-19(17,18)12-9-14-7-5-11(12)16/h5,7,9-10,15H,3-4,6,8H2,1-2H3,(H,14,16). The number of aromatic nitrogens is 1. The summed E-state index contributed by atoms with van der Waals surface area (Å²) in [5, 5.41) is 0. The second-order valence-corrected chi connectivity index (χ2v) is 7.63. The first kappa shape index (κ1) is 14.3. The molecule has 106 valence electrons. The lowest BCUT2D eigenvalue weighted by Crippen LogP contribution is -2.41. The van der Waals surface area contributed by atoms with Crippen molar-refractivity contribution in [2.45, 2.75) is 50.5 Å². The first-order valence-electron chi connectivity index (χ1n) is 6.50. The van der Waals surface area contributed by atoms with Gasteiger partial charge in [0.05, 0.1) is 0 Å². The molecule has 6 heteroatoms. The van der Waals surface area contributed by atoms with Crippen LogP contribution in [0.2, 0.25) is 0 Å². The van der Waals surface area contributed by atoms with Crippen LogP contribution in [0, 0.1) is 5.41 Å². The van der Waals surface area contributed by atoms with E-state index >= 15 is 0 Å². The van der Waals surface area contributed by atoms with Crippen molar-refractivity contribution in [3.05, 3.63) is 28.7 Å². The second-order valence-electron chi connectivity index (χ2n) is 5.95. The quantitative estimate of drug-likeness (QED) is 0.885. The summed E-state index contributed by atoms with van der Waals surface area (Å²) in [4.78, 5) is 14.0. The van der Waals surface area contributed by atoms with Gasteiger partial charge in [0.15, 0.2) is 0 Å². The lowest BCUT2D eigenvalue weighted by Gasteiger charge is -2.35. The molecule has 1 heterocycles. The lowest BCUT2D eigenvalue weighted by molar-refractivity contribution is 0.212. The van der Waals surface area contributed by atoms with Crippen LogP contribution >= 0.6 is 0 Å². The smallest absolute Gasteiger partial charge is 0.246 e. The van der Waals surface area contributed by atoms with E-state index in [4.69, 9.17) is 0 Å². The predicted octanol–water partition coefficient (Wildman–Crippen LogP) is 1.62. The van der Waals surface area contributed by atoms with Crippen LogP contribution in [0.15, 0.2) is 28.2 Å². The molecule has 0 amide bonds. The Morgan fingerprint density at radius 3 is 2.79 bits per heavy atom. The topological polar surface area (TPSA) is 79.0 Å². The van der Waals surface area contributed by atoms with Crippen molar-refractivity contribution >= 4 is 10.0 Å². The van der Waals surface area contributed by atoms with Gasteiger partial charge in [0.1, 0.15) is 4.90 Å². The highest BCUT2D eigenvalue weighted by Gasteiger charge is 2.31. The number of sulfonamides is 1. The van der Waals surface area contributed by atoms with Gasteiger partial charge in [-0.1, -0.05) is 20.3 Å². The van der Waals surface area contributed by atoms with E-state index in [9.17, 15) is 13.2 Å². The molecule has 0 saturated heterocycles. The van der Waals surface area contributed by atoms with E-state index in [0.717, 1.165) is 25.7 Å². The van der Waals surface area contributed by atoms with Crippen molar-refractivity contribution in [3.8, 4) is 0 Å². The summed E-state index contributed by atoms with van der Waals surface area (Å²) in [7, 11) is -3.73. The normalized spacial score (nSPS) is 23.2. The van der Waals surface area contributed by atoms with Gasteiger partial charge >= 0.3 is 0 Å². The molecule has 1 aliphatic rings. The molecule has 0 aromatic carbocycles. The third-order valence-electron chi connectivity index (χ3n) is 3.60. The van der Waals surface area contributed by atoms with E-state index in [2.05, 4.69) is 23.6 Å². The second kappa shape index (κ2) is 5.09. The Morgan fingerprint density at radius 1 is 1.42 bits per heavy atom. The fourth-order valence-corrected chi connectivity index (χ4v) is 4.02. The minimum Gasteiger partial charge on any atom is -0.366 e. The average molecular weight is 284 g/mol. The van der Waals surface area contributed by atoms with Crippen LogP contribution in [-0.2, 0) is 10.0 Å². The predicted molar refractivity (Wildman–Crippen MR) is 73.4 cm³/mol. The Labute approximate surface area is 113 Å². The number of hydrogen-bond acceptors (Lipinski definition) is 3. The fraction of sp³-hybridized carbons (Fsp3) is 0.615. The molecule has 0 spiro atoms. The van der Waals surface area contributed by atoms with Crippen molar-refractivity contribution in [1.82, 2.24) is 9.71 Å². The van der Waals surface area contributed by atoms with Crippen LogP contribution in [0.25, 0.3) is 0 Å². The molecule has 2 rings (SSSR count). The van der Waals surface area contributed by atoms with Gasteiger partial charge in [0.2, 0.25) is 15.5 Å². The maximum absolute atomic E-state index is 12.2. The molecule has 2 N–H and O–H groups in total. The van der Waals surface area contributed by atoms with E-state index in [1.807, 2.05) is 0 Å². The summed E-state index contributed by atoms with van der Waals surface area (Å²) in [5.74, 6) is 0. The minimum absolute atomic E-state index is 0.0895. The van der Waals surface area contributed by atoms with Gasteiger partial charge < -0.3 is 4.98 Å². The van der Waals surface area contributed by atoms with E-state index in [1.165, 1.54) is 18.5 Å². The first-order chi connectivity index (χ1) is 8.80. The zero-order valence-electron chi connectivity index (χ0n) is 11.3. The van der Waals surface area contributed by atoms with Gasteiger partial charge in [-0.05, 0) is 24.7 Å². The molecule has 1 unspecified atom stereocenters. The first-order valence-corrected chi connectivity index (χ1v) is 7.98. The van der Waals surface area contributed by atoms with Crippen molar-refractivity contribution < 1.29 is 8.42 Å². The molecule has 1 aromatic rings. The minimum atomic E-state index is -3.73. The maximum atomic E-state index is 12.2. The summed E-state index contributed by atoms with van der Waals surface area (Å²) >= 11 is 0. The van der Waals surface area contributed by atoms with Gasteiger partial charge in [0.25, 0.3) is 0 Å². The summed E-state index contributed by atoms with van der Waals surface area (Å²) < 4.78 is 27.1. The average Bonchev–Trinajstić information content (AvgIpc) is 2.27. The third-order valence-corrected chi connectivity index (χ3v) is 5.15. The van der Waals surface area contributed by atoms with Crippen LogP contribution in [0.4, 0.5) is 0 Å². The van der Waals surface area contributed by atoms with Crippen molar-refractivity contribution in [2.75, 3.05) is 0 Å². The van der Waals surface area contributed by atoms with Gasteiger partial charge in [-0.15, -0.1) is 0 Å². The third kappa shape index (κ3) is 3.45. The SMILES string of the molecule is CC1(C)CCCC(NS(=O)(=O)c2c[nH]ccc2=O)C1. The Hall–Kier alpha value is -1.14. The van der Waals surface area contributed by atoms with Gasteiger partial charge in [0, 0.05) is 24.5 Å². The Bertz CT molecular complexity index is 604. The highest BCUT2D eigenvalue weighted by molar-refractivity contribution is 7.89. The lowest BCUT2D eigenvalue weighted by atomic mass is 9.75. The molecular formula is C13H20N2O3S. The van der Waals surface area contributed by atoms with Crippen molar-refractivity contribution in [2.24, 2.45) is 5.41 Å². The summed E-state index contributed by atoms with van der Waals surface area (Å²) in [6.07, 6.45) is 6.40. The van der Waals surface area contributed by atoms with Gasteiger partial charge in [-0.3, -0.25) is 4.79 Å². The summed E-state index contributed by atoms with van der Waals surface area (Å²) in [6, 6.07) is 1.13. The number of hydrogen-bond donors (Lipinski definition) is 2. The van der Waals surface area contributed by atoms with Crippen molar-refractivity contribution in [1.29, 1.82) is 0 Å². The van der Waals surface area contributed by atoms with Crippen molar-refractivity contribution in [3.63, 3.8) is 0 Å². The van der Waals surface area contributed by atoms with Gasteiger partial charge in [-0.2, -0.15) is 0 Å². The maximum Gasteiger partial charge on any atom is 0.246 e. The Morgan fingerprint density at radius 2 is 2.16 bits per heavy atom. The molecule has 1 aromatic heterocycles. The molecular weight excluding hydrogens is 264 g/mol. The zero-order chi connectivity index (χ0) is 14.1. The van der Waals surface area contributed by atoms with E-state index in [0.29, 0.717) is 0 Å². The molecule has 1 atom stereocenters. The highest BCUT2D eigenvalue weighted by atomic mass is 32.2. The number of pyridine rings is 1. The highest BCUT2D eigenvalue weighted by Crippen LogP contribution is 2.35. The van der Waals surface area contributed by atoms with E-state index in [1.54, 1.807) is 0 Å². The Balaban J connectivity index is 2.19. The zero-order valence-corrected chi connectivity index (χ0v) is 12.1. The number of H-pyrrole nitrogens is 1. The molecule has 19 heavy (non-hydrogen) atoms. The van der Waals surface area contributed by atoms with Crippen LogP contribution in [0.5, 0.6) is 0 Å². The molecule has 1 aliphatic carbocycles. The van der Waals surface area contributed by atoms with Crippen LogP contribution in [-0.4, -0.2) is 19.4 Å². The van der Waals surface area contributed by atoms with E-state index < -0.39 is 15.5 Å². The molecule has 1 saturated carbocycles. The molecule has 5 nitrogen and oxygen atoms in total. The molecule has 1 fully saturated rings. The number of aromatic amines is 1. The summed E-state index contributed by atoms with van der Waals surface area (Å²) in [6.45, 7) is 4.28. The van der Waals surface area contributed by atoms with Gasteiger partial charge in [-0.25, -0.2) is 13.1 Å². The Kier molecular flexibility index (Phi) is 3.82. The molecule has 0 bridgehead atoms. The summed E-state index contributed by atoms with van der Waals surface area (Å²) in [5.41, 5.74) is -0.338.